The first-order valence-electron chi connectivity index (χ1n) is 8.11. The Morgan fingerprint density at radius 2 is 1.92 bits per heavy atom. The monoisotopic (exact) mass is 344 g/mol. The second-order valence-electron chi connectivity index (χ2n) is 6.70. The molecular weight excluding hydrogens is 324 g/mol. The second-order valence-corrected chi connectivity index (χ2v) is 6.70. The topological polar surface area (TPSA) is 78.9 Å². The number of hydrogen-bond acceptors (Lipinski definition) is 6. The summed E-state index contributed by atoms with van der Waals surface area (Å²) in [7, 11) is 0. The summed E-state index contributed by atoms with van der Waals surface area (Å²) in [4.78, 5) is 36.2. The van der Waals surface area contributed by atoms with E-state index in [-0.39, 0.29) is 23.7 Å². The molecule has 0 radical (unpaired) electrons. The Labute approximate surface area is 145 Å². The number of esters is 3. The van der Waals surface area contributed by atoms with E-state index in [0.717, 1.165) is 5.57 Å². The lowest BCUT2D eigenvalue weighted by Gasteiger charge is -2.26. The van der Waals surface area contributed by atoms with Crippen molar-refractivity contribution in [2.75, 3.05) is 0 Å². The molecule has 1 unspecified atom stereocenters. The van der Waals surface area contributed by atoms with E-state index in [1.54, 1.807) is 6.08 Å². The molecule has 3 aliphatic rings. The molecule has 0 N–H and O–H groups in total. The number of ether oxygens (including phenoxy) is 3. The number of rotatable bonds is 2. The molecule has 0 aromatic carbocycles. The van der Waals surface area contributed by atoms with Crippen molar-refractivity contribution in [1.82, 2.24) is 0 Å². The highest BCUT2D eigenvalue weighted by molar-refractivity contribution is 5.93. The first-order chi connectivity index (χ1) is 11.8. The van der Waals surface area contributed by atoms with Gasteiger partial charge in [-0.25, -0.2) is 14.4 Å². The van der Waals surface area contributed by atoms with E-state index in [4.69, 9.17) is 14.2 Å². The van der Waals surface area contributed by atoms with Crippen LogP contribution in [-0.2, 0) is 28.6 Å². The Kier molecular flexibility index (Phi) is 4.37. The predicted molar refractivity (Wildman–Crippen MR) is 88.2 cm³/mol. The highest BCUT2D eigenvalue weighted by Gasteiger charge is 2.46. The molecule has 2 heterocycles. The van der Waals surface area contributed by atoms with Crippen molar-refractivity contribution >= 4 is 17.9 Å². The first-order valence-corrected chi connectivity index (χ1v) is 8.11. The molecule has 3 rings (SSSR count). The van der Waals surface area contributed by atoms with Crippen molar-refractivity contribution in [1.29, 1.82) is 0 Å². The fourth-order valence-electron chi connectivity index (χ4n) is 3.33. The summed E-state index contributed by atoms with van der Waals surface area (Å²) in [5.74, 6) is -2.09. The zero-order chi connectivity index (χ0) is 18.3. The second kappa shape index (κ2) is 6.35. The lowest BCUT2D eigenvalue weighted by molar-refractivity contribution is -0.148. The van der Waals surface area contributed by atoms with Gasteiger partial charge in [0.1, 0.15) is 18.3 Å². The fraction of sp³-hybridized carbons (Fsp3) is 0.421. The van der Waals surface area contributed by atoms with E-state index in [1.165, 1.54) is 6.92 Å². The summed E-state index contributed by atoms with van der Waals surface area (Å²) in [5.41, 5.74) is 1.82. The summed E-state index contributed by atoms with van der Waals surface area (Å²) < 4.78 is 16.3. The molecule has 1 saturated heterocycles. The van der Waals surface area contributed by atoms with Gasteiger partial charge in [-0.3, -0.25) is 0 Å². The van der Waals surface area contributed by atoms with Crippen LogP contribution in [0.25, 0.3) is 0 Å². The van der Waals surface area contributed by atoms with E-state index < -0.39 is 36.0 Å². The zero-order valence-corrected chi connectivity index (χ0v) is 14.2. The Morgan fingerprint density at radius 3 is 2.60 bits per heavy atom. The lowest BCUT2D eigenvalue weighted by atomic mass is 9.85. The van der Waals surface area contributed by atoms with Crippen molar-refractivity contribution < 1.29 is 28.6 Å². The molecule has 25 heavy (non-hydrogen) atoms. The molecule has 6 heteroatoms. The summed E-state index contributed by atoms with van der Waals surface area (Å²) in [6.07, 6.45) is 2.52. The van der Waals surface area contributed by atoms with Crippen LogP contribution >= 0.6 is 0 Å². The molecule has 1 aliphatic carbocycles. The molecule has 0 aromatic rings. The molecule has 132 valence electrons. The van der Waals surface area contributed by atoms with Gasteiger partial charge in [0.15, 0.2) is 0 Å². The van der Waals surface area contributed by atoms with Gasteiger partial charge >= 0.3 is 17.9 Å². The molecule has 6 nitrogen and oxygen atoms in total. The van der Waals surface area contributed by atoms with Crippen LogP contribution in [0.1, 0.15) is 26.7 Å². The van der Waals surface area contributed by atoms with Gasteiger partial charge in [-0.15, -0.1) is 0 Å². The minimum absolute atomic E-state index is 0.137. The van der Waals surface area contributed by atoms with Gasteiger partial charge in [-0.2, -0.15) is 0 Å². The average Bonchev–Trinajstić information content (AvgIpc) is 2.98. The Hall–Kier alpha value is -2.63. The fourth-order valence-corrected chi connectivity index (χ4v) is 3.33. The molecular formula is C19H20O6. The van der Waals surface area contributed by atoms with E-state index in [1.807, 2.05) is 13.0 Å². The lowest BCUT2D eigenvalue weighted by Crippen LogP contribution is -2.34. The van der Waals surface area contributed by atoms with Crippen molar-refractivity contribution in [3.63, 3.8) is 0 Å². The Morgan fingerprint density at radius 1 is 1.20 bits per heavy atom. The largest absolute Gasteiger partial charge is 0.458 e. The van der Waals surface area contributed by atoms with Crippen LogP contribution < -0.4 is 0 Å². The number of fused-ring (bicyclic) bond motifs is 2. The molecule has 2 aliphatic heterocycles. The molecule has 1 fully saturated rings. The van der Waals surface area contributed by atoms with Crippen molar-refractivity contribution in [3.8, 4) is 0 Å². The minimum atomic E-state index is -0.771. The van der Waals surface area contributed by atoms with Crippen LogP contribution in [0.5, 0.6) is 0 Å². The van der Waals surface area contributed by atoms with Gasteiger partial charge in [0.05, 0.1) is 5.92 Å². The highest BCUT2D eigenvalue weighted by Crippen LogP contribution is 2.38. The van der Waals surface area contributed by atoms with Gasteiger partial charge < -0.3 is 14.2 Å². The summed E-state index contributed by atoms with van der Waals surface area (Å²) >= 11 is 0. The number of carbonyl (C=O) groups is 3. The molecule has 2 bridgehead atoms. The zero-order valence-electron chi connectivity index (χ0n) is 14.2. The molecule has 4 atom stereocenters. The summed E-state index contributed by atoms with van der Waals surface area (Å²) in [6.45, 7) is 10.8. The van der Waals surface area contributed by atoms with Crippen LogP contribution in [0.3, 0.4) is 0 Å². The Balaban J connectivity index is 2.01. The van der Waals surface area contributed by atoms with Crippen LogP contribution in [0, 0.1) is 5.92 Å². The van der Waals surface area contributed by atoms with Crippen LogP contribution in [-0.4, -0.2) is 36.2 Å². The predicted octanol–water partition coefficient (Wildman–Crippen LogP) is 2.16. The van der Waals surface area contributed by atoms with E-state index in [0.29, 0.717) is 12.0 Å². The standard InChI is InChI=1S/C19H20O6/c1-9(2)17(20)24-15-8-12-7-13(23-19(12)22)5-10(3)6-14-16(15)11(4)18(21)25-14/h6-7,13-16H,1,4-5,8H2,2-3H3/t13-,14-,15?,16-/m0/s1. The van der Waals surface area contributed by atoms with Gasteiger partial charge in [-0.1, -0.05) is 18.7 Å². The van der Waals surface area contributed by atoms with Gasteiger partial charge in [0, 0.05) is 29.6 Å². The molecule has 0 aromatic heterocycles. The van der Waals surface area contributed by atoms with E-state index in [9.17, 15) is 14.4 Å². The van der Waals surface area contributed by atoms with E-state index >= 15 is 0 Å². The quantitative estimate of drug-likeness (QED) is 0.331. The summed E-state index contributed by atoms with van der Waals surface area (Å²) in [5, 5.41) is 0. The van der Waals surface area contributed by atoms with Crippen LogP contribution in [0.2, 0.25) is 0 Å². The number of carbonyl (C=O) groups excluding carboxylic acids is 3. The third-order valence-corrected chi connectivity index (χ3v) is 4.57. The maximum absolute atomic E-state index is 12.1. The van der Waals surface area contributed by atoms with Crippen molar-refractivity contribution in [3.05, 3.63) is 47.6 Å². The maximum atomic E-state index is 12.1. The smallest absolute Gasteiger partial charge is 0.334 e. The first kappa shape index (κ1) is 17.2. The molecule has 0 amide bonds. The highest BCUT2D eigenvalue weighted by atomic mass is 16.6. The van der Waals surface area contributed by atoms with E-state index in [2.05, 4.69) is 13.2 Å². The van der Waals surface area contributed by atoms with Crippen LogP contribution in [0.15, 0.2) is 47.6 Å². The number of hydrogen-bond donors (Lipinski definition) is 0. The third kappa shape index (κ3) is 3.29. The summed E-state index contributed by atoms with van der Waals surface area (Å²) in [6, 6.07) is 0. The Bertz CT molecular complexity index is 741. The van der Waals surface area contributed by atoms with Crippen molar-refractivity contribution in [2.24, 2.45) is 5.92 Å². The van der Waals surface area contributed by atoms with Crippen molar-refractivity contribution in [2.45, 2.75) is 45.0 Å². The average molecular weight is 344 g/mol. The molecule has 0 spiro atoms. The van der Waals surface area contributed by atoms with Gasteiger partial charge in [0.25, 0.3) is 0 Å². The minimum Gasteiger partial charge on any atom is -0.458 e. The third-order valence-electron chi connectivity index (χ3n) is 4.57. The molecule has 0 saturated carbocycles. The SMILES string of the molecule is C=C(C)C(=O)OC1CC2=C[C@H](CC(C)=C[C@@H]3OC(=O)C(=C)[C@H]13)OC2=O. The van der Waals surface area contributed by atoms with Gasteiger partial charge in [-0.05, 0) is 26.0 Å². The van der Waals surface area contributed by atoms with Crippen LogP contribution in [0.4, 0.5) is 0 Å². The normalized spacial score (nSPS) is 31.4. The maximum Gasteiger partial charge on any atom is 0.334 e. The van der Waals surface area contributed by atoms with Gasteiger partial charge in [0.2, 0.25) is 0 Å².